The van der Waals surface area contributed by atoms with Crippen LogP contribution in [0.5, 0.6) is 0 Å². The standard InChI is InChI=1S/C22H22ClN3O2S/c1-13-17(23)7-5-9-19(13)26-21(28)16-6-3-4-8-18(16)25-22(26)29-12-20(27)24-14(2)15-10-11-15/h3-9,14-15H,10-12H2,1-2H3,(H,24,27). The number of carbonyl (C=O) groups is 1. The van der Waals surface area contributed by atoms with Crippen molar-refractivity contribution in [3.63, 3.8) is 0 Å². The third-order valence-corrected chi connectivity index (χ3v) is 6.62. The second kappa shape index (κ2) is 8.20. The van der Waals surface area contributed by atoms with Crippen LogP contribution in [0.25, 0.3) is 16.6 Å². The first-order valence-electron chi connectivity index (χ1n) is 9.65. The minimum atomic E-state index is -0.171. The molecule has 0 spiro atoms. The Kier molecular flexibility index (Phi) is 5.65. The van der Waals surface area contributed by atoms with E-state index < -0.39 is 0 Å². The molecule has 1 heterocycles. The van der Waals surface area contributed by atoms with Crippen molar-refractivity contribution >= 4 is 40.2 Å². The minimum Gasteiger partial charge on any atom is -0.353 e. The Hall–Kier alpha value is -2.31. The van der Waals surface area contributed by atoms with Gasteiger partial charge in [0.1, 0.15) is 0 Å². The van der Waals surface area contributed by atoms with Gasteiger partial charge >= 0.3 is 0 Å². The molecule has 0 bridgehead atoms. The first kappa shape index (κ1) is 20.0. The summed E-state index contributed by atoms with van der Waals surface area (Å²) in [5.41, 5.74) is 1.91. The molecule has 1 amide bonds. The van der Waals surface area contributed by atoms with Crippen LogP contribution in [0.2, 0.25) is 5.02 Å². The maximum Gasteiger partial charge on any atom is 0.266 e. The summed E-state index contributed by atoms with van der Waals surface area (Å²) in [6.07, 6.45) is 2.35. The van der Waals surface area contributed by atoms with E-state index in [0.717, 1.165) is 5.56 Å². The first-order valence-corrected chi connectivity index (χ1v) is 11.0. The highest BCUT2D eigenvalue weighted by molar-refractivity contribution is 7.99. The van der Waals surface area contributed by atoms with Crippen molar-refractivity contribution in [1.29, 1.82) is 0 Å². The first-order chi connectivity index (χ1) is 14.0. The van der Waals surface area contributed by atoms with Crippen molar-refractivity contribution in [2.24, 2.45) is 5.92 Å². The Balaban J connectivity index is 1.72. The van der Waals surface area contributed by atoms with Gasteiger partial charge in [-0.25, -0.2) is 4.98 Å². The summed E-state index contributed by atoms with van der Waals surface area (Å²) in [5.74, 6) is 0.739. The summed E-state index contributed by atoms with van der Waals surface area (Å²) in [6.45, 7) is 3.91. The molecule has 2 aromatic carbocycles. The number of hydrogen-bond acceptors (Lipinski definition) is 4. The Morgan fingerprint density at radius 1 is 1.28 bits per heavy atom. The van der Waals surface area contributed by atoms with Crippen LogP contribution in [0.4, 0.5) is 0 Å². The average Bonchev–Trinajstić information content (AvgIpc) is 3.55. The number of nitrogens with one attached hydrogen (secondary N) is 1. The maximum absolute atomic E-state index is 13.3. The van der Waals surface area contributed by atoms with E-state index in [1.54, 1.807) is 16.7 Å². The lowest BCUT2D eigenvalue weighted by Gasteiger charge is -2.16. The molecule has 150 valence electrons. The number of hydrogen-bond donors (Lipinski definition) is 1. The molecule has 0 saturated heterocycles. The molecule has 1 N–H and O–H groups in total. The Morgan fingerprint density at radius 2 is 2.03 bits per heavy atom. The third kappa shape index (κ3) is 4.19. The summed E-state index contributed by atoms with van der Waals surface area (Å²) in [7, 11) is 0. The fourth-order valence-corrected chi connectivity index (χ4v) is 4.39. The van der Waals surface area contributed by atoms with Crippen LogP contribution >= 0.6 is 23.4 Å². The van der Waals surface area contributed by atoms with Crippen LogP contribution in [0.15, 0.2) is 52.4 Å². The maximum atomic E-state index is 13.3. The molecule has 0 aliphatic heterocycles. The van der Waals surface area contributed by atoms with E-state index in [9.17, 15) is 9.59 Å². The predicted molar refractivity (Wildman–Crippen MR) is 118 cm³/mol. The second-order valence-electron chi connectivity index (χ2n) is 7.42. The zero-order valence-corrected chi connectivity index (χ0v) is 17.9. The van der Waals surface area contributed by atoms with Gasteiger partial charge in [0.2, 0.25) is 5.91 Å². The van der Waals surface area contributed by atoms with E-state index in [4.69, 9.17) is 11.6 Å². The van der Waals surface area contributed by atoms with E-state index in [1.165, 1.54) is 24.6 Å². The van der Waals surface area contributed by atoms with E-state index >= 15 is 0 Å². The summed E-state index contributed by atoms with van der Waals surface area (Å²) in [4.78, 5) is 30.4. The van der Waals surface area contributed by atoms with Crippen LogP contribution in [-0.2, 0) is 4.79 Å². The van der Waals surface area contributed by atoms with Crippen molar-refractivity contribution < 1.29 is 4.79 Å². The van der Waals surface area contributed by atoms with Crippen LogP contribution in [-0.4, -0.2) is 27.3 Å². The lowest BCUT2D eigenvalue weighted by molar-refractivity contribution is -0.119. The molecule has 0 radical (unpaired) electrons. The molecule has 3 aromatic rings. The highest BCUT2D eigenvalue weighted by atomic mass is 35.5. The Morgan fingerprint density at radius 3 is 2.79 bits per heavy atom. The lowest BCUT2D eigenvalue weighted by atomic mass is 10.2. The van der Waals surface area contributed by atoms with Gasteiger partial charge in [0.25, 0.3) is 5.56 Å². The van der Waals surface area contributed by atoms with Crippen LogP contribution < -0.4 is 10.9 Å². The molecule has 4 rings (SSSR count). The van der Waals surface area contributed by atoms with Gasteiger partial charge in [-0.2, -0.15) is 0 Å². The van der Waals surface area contributed by atoms with Gasteiger partial charge in [-0.3, -0.25) is 14.2 Å². The number of fused-ring (bicyclic) bond motifs is 1. The quantitative estimate of drug-likeness (QED) is 0.469. The number of carbonyl (C=O) groups excluding carboxylic acids is 1. The largest absolute Gasteiger partial charge is 0.353 e. The molecule has 1 fully saturated rings. The van der Waals surface area contributed by atoms with Crippen LogP contribution in [0.1, 0.15) is 25.3 Å². The number of amides is 1. The van der Waals surface area contributed by atoms with Gasteiger partial charge in [0, 0.05) is 11.1 Å². The number of halogens is 1. The van der Waals surface area contributed by atoms with Crippen LogP contribution in [0, 0.1) is 12.8 Å². The van der Waals surface area contributed by atoms with E-state index in [1.807, 2.05) is 44.2 Å². The summed E-state index contributed by atoms with van der Waals surface area (Å²) < 4.78 is 1.56. The lowest BCUT2D eigenvalue weighted by Crippen LogP contribution is -2.35. The normalized spacial score (nSPS) is 14.7. The third-order valence-electron chi connectivity index (χ3n) is 5.28. The Bertz CT molecular complexity index is 1140. The fraction of sp³-hybridized carbons (Fsp3) is 0.318. The second-order valence-corrected chi connectivity index (χ2v) is 8.77. The molecule has 1 aromatic heterocycles. The highest BCUT2D eigenvalue weighted by Gasteiger charge is 2.29. The molecule has 1 aliphatic carbocycles. The van der Waals surface area contributed by atoms with Gasteiger partial charge in [-0.05, 0) is 62.4 Å². The summed E-state index contributed by atoms with van der Waals surface area (Å²) in [5, 5.41) is 4.64. The monoisotopic (exact) mass is 427 g/mol. The van der Waals surface area contributed by atoms with Crippen molar-refractivity contribution in [2.45, 2.75) is 37.9 Å². The number of para-hydroxylation sites is 1. The van der Waals surface area contributed by atoms with E-state index in [-0.39, 0.29) is 23.3 Å². The van der Waals surface area contributed by atoms with E-state index in [0.29, 0.717) is 32.7 Å². The molecule has 29 heavy (non-hydrogen) atoms. The van der Waals surface area contributed by atoms with Crippen molar-refractivity contribution in [3.8, 4) is 5.69 Å². The molecule has 1 unspecified atom stereocenters. The van der Waals surface area contributed by atoms with Crippen molar-refractivity contribution in [3.05, 3.63) is 63.4 Å². The zero-order chi connectivity index (χ0) is 20.5. The highest BCUT2D eigenvalue weighted by Crippen LogP contribution is 2.32. The summed E-state index contributed by atoms with van der Waals surface area (Å²) >= 11 is 7.56. The SMILES string of the molecule is Cc1c(Cl)cccc1-n1c(SCC(=O)NC(C)C2CC2)nc2ccccc2c1=O. The average molecular weight is 428 g/mol. The van der Waals surface area contributed by atoms with Gasteiger partial charge in [-0.1, -0.05) is 41.6 Å². The molecule has 1 aliphatic rings. The van der Waals surface area contributed by atoms with Gasteiger partial charge in [0.05, 0.1) is 22.3 Å². The minimum absolute atomic E-state index is 0.0498. The topological polar surface area (TPSA) is 64.0 Å². The number of thioether (sulfide) groups is 1. The zero-order valence-electron chi connectivity index (χ0n) is 16.3. The predicted octanol–water partition coefficient (Wildman–Crippen LogP) is 4.35. The van der Waals surface area contributed by atoms with Gasteiger partial charge in [0.15, 0.2) is 5.16 Å². The van der Waals surface area contributed by atoms with Crippen LogP contribution in [0.3, 0.4) is 0 Å². The van der Waals surface area contributed by atoms with Gasteiger partial charge in [-0.15, -0.1) is 0 Å². The number of rotatable bonds is 6. The smallest absolute Gasteiger partial charge is 0.266 e. The molecule has 1 saturated carbocycles. The van der Waals surface area contributed by atoms with Crippen molar-refractivity contribution in [2.75, 3.05) is 5.75 Å². The Labute approximate surface area is 178 Å². The number of benzene rings is 2. The molecule has 7 heteroatoms. The number of aromatic nitrogens is 2. The fourth-order valence-electron chi connectivity index (χ4n) is 3.40. The molecule has 1 atom stereocenters. The van der Waals surface area contributed by atoms with Crippen molar-refractivity contribution in [1.82, 2.24) is 14.9 Å². The van der Waals surface area contributed by atoms with Gasteiger partial charge < -0.3 is 5.32 Å². The number of nitrogens with zero attached hydrogens (tertiary/aromatic N) is 2. The molecule has 5 nitrogen and oxygen atoms in total. The molecular formula is C22H22ClN3O2S. The van der Waals surface area contributed by atoms with E-state index in [2.05, 4.69) is 10.3 Å². The summed E-state index contributed by atoms with van der Waals surface area (Å²) in [6, 6.07) is 12.9. The molecular weight excluding hydrogens is 406 g/mol.